The van der Waals surface area contributed by atoms with Gasteiger partial charge in [0.2, 0.25) is 12.5 Å². The minimum Gasteiger partial charge on any atom is -0.493 e. The number of likely N-dealkylation sites (N-methyl/N-ethyl adjacent to an activating group) is 1. The SMILES string of the molecule is COc1ccc2c(c1OC)C(=O)O[C@@H]2[C@H]1c2c(c(-c3cccc(NC(=O)Nc4ccccc4)c3)c3c(c2OC)OCO3)CCN1C. The molecule has 0 spiro atoms. The second-order valence-corrected chi connectivity index (χ2v) is 11.2. The molecule has 0 saturated heterocycles. The molecule has 2 N–H and O–H groups in total. The van der Waals surface area contributed by atoms with Gasteiger partial charge in [-0.15, -0.1) is 0 Å². The lowest BCUT2D eigenvalue weighted by molar-refractivity contribution is 0.00877. The fraction of sp³-hybridized carbons (Fsp3) is 0.257. The van der Waals surface area contributed by atoms with Crippen LogP contribution in [0, 0.1) is 0 Å². The molecular weight excluding hydrogens is 590 g/mol. The number of anilines is 2. The van der Waals surface area contributed by atoms with E-state index in [2.05, 4.69) is 15.5 Å². The lowest BCUT2D eigenvalue weighted by Crippen LogP contribution is -2.36. The van der Waals surface area contributed by atoms with Crippen molar-refractivity contribution in [1.82, 2.24) is 4.90 Å². The first kappa shape index (κ1) is 29.3. The number of methoxy groups -OCH3 is 3. The Bertz CT molecular complexity index is 1840. The van der Waals surface area contributed by atoms with Gasteiger partial charge >= 0.3 is 12.0 Å². The molecule has 236 valence electrons. The van der Waals surface area contributed by atoms with Crippen LogP contribution >= 0.6 is 0 Å². The van der Waals surface area contributed by atoms with E-state index < -0.39 is 18.1 Å². The Balaban J connectivity index is 1.34. The molecule has 0 aliphatic carbocycles. The Morgan fingerprint density at radius 1 is 0.848 bits per heavy atom. The summed E-state index contributed by atoms with van der Waals surface area (Å²) in [5.74, 6) is 1.89. The van der Waals surface area contributed by atoms with Crippen molar-refractivity contribution in [2.45, 2.75) is 18.6 Å². The molecule has 0 aromatic heterocycles. The topological polar surface area (TPSA) is 117 Å². The normalized spacial score (nSPS) is 17.9. The van der Waals surface area contributed by atoms with Crippen molar-refractivity contribution in [2.24, 2.45) is 0 Å². The number of cyclic esters (lactones) is 1. The van der Waals surface area contributed by atoms with Crippen LogP contribution in [0.2, 0.25) is 0 Å². The van der Waals surface area contributed by atoms with Crippen LogP contribution in [0.25, 0.3) is 11.1 Å². The number of hydrogen-bond donors (Lipinski definition) is 2. The van der Waals surface area contributed by atoms with E-state index in [-0.39, 0.29) is 12.8 Å². The smallest absolute Gasteiger partial charge is 0.343 e. The van der Waals surface area contributed by atoms with Gasteiger partial charge in [-0.05, 0) is 54.9 Å². The summed E-state index contributed by atoms with van der Waals surface area (Å²) in [7, 11) is 6.63. The Hall–Kier alpha value is -5.42. The van der Waals surface area contributed by atoms with E-state index in [1.807, 2.05) is 67.7 Å². The van der Waals surface area contributed by atoms with Gasteiger partial charge in [0, 0.05) is 34.6 Å². The molecule has 0 unspecified atom stereocenters. The maximum Gasteiger partial charge on any atom is 0.343 e. The number of amides is 2. The first-order valence-electron chi connectivity index (χ1n) is 14.8. The number of urea groups is 1. The van der Waals surface area contributed by atoms with Crippen molar-refractivity contribution < 1.29 is 38.0 Å². The number of carbonyl (C=O) groups excluding carboxylic acids is 2. The summed E-state index contributed by atoms with van der Waals surface area (Å²) in [5.41, 5.74) is 5.83. The first-order chi connectivity index (χ1) is 22.4. The highest BCUT2D eigenvalue weighted by molar-refractivity contribution is 6.00. The highest BCUT2D eigenvalue weighted by atomic mass is 16.7. The van der Waals surface area contributed by atoms with Gasteiger partial charge in [0.25, 0.3) is 0 Å². The highest BCUT2D eigenvalue weighted by Gasteiger charge is 2.47. The molecule has 0 bridgehead atoms. The highest BCUT2D eigenvalue weighted by Crippen LogP contribution is 2.59. The summed E-state index contributed by atoms with van der Waals surface area (Å²) in [6.07, 6.45) is -0.000770. The zero-order valence-electron chi connectivity index (χ0n) is 25.8. The maximum absolute atomic E-state index is 13.4. The van der Waals surface area contributed by atoms with E-state index in [4.69, 9.17) is 28.4 Å². The number of fused-ring (bicyclic) bond motifs is 3. The van der Waals surface area contributed by atoms with E-state index >= 15 is 0 Å². The number of esters is 1. The predicted molar refractivity (Wildman–Crippen MR) is 170 cm³/mol. The van der Waals surface area contributed by atoms with Gasteiger partial charge in [-0.3, -0.25) is 4.90 Å². The molecule has 7 rings (SSSR count). The van der Waals surface area contributed by atoms with Crippen molar-refractivity contribution in [2.75, 3.05) is 52.3 Å². The molecule has 3 aliphatic heterocycles. The van der Waals surface area contributed by atoms with Gasteiger partial charge in [-0.2, -0.15) is 0 Å². The predicted octanol–water partition coefficient (Wildman–Crippen LogP) is 6.19. The lowest BCUT2D eigenvalue weighted by Gasteiger charge is -2.39. The molecule has 0 saturated carbocycles. The van der Waals surface area contributed by atoms with Gasteiger partial charge in [-0.1, -0.05) is 36.4 Å². The Kier molecular flexibility index (Phi) is 7.53. The second-order valence-electron chi connectivity index (χ2n) is 11.2. The molecule has 0 fully saturated rings. The molecule has 11 nitrogen and oxygen atoms in total. The van der Waals surface area contributed by atoms with E-state index in [1.165, 1.54) is 14.2 Å². The maximum atomic E-state index is 13.4. The van der Waals surface area contributed by atoms with E-state index in [1.54, 1.807) is 13.2 Å². The Morgan fingerprint density at radius 2 is 1.59 bits per heavy atom. The van der Waals surface area contributed by atoms with Gasteiger partial charge in [0.05, 0.1) is 27.4 Å². The molecule has 4 aromatic rings. The van der Waals surface area contributed by atoms with Gasteiger partial charge in [0.15, 0.2) is 23.0 Å². The largest absolute Gasteiger partial charge is 0.493 e. The van der Waals surface area contributed by atoms with Gasteiger partial charge in [0.1, 0.15) is 11.7 Å². The summed E-state index contributed by atoms with van der Waals surface area (Å²) >= 11 is 0. The molecule has 3 heterocycles. The van der Waals surface area contributed by atoms with Crippen LogP contribution < -0.4 is 34.3 Å². The number of nitrogens with zero attached hydrogens (tertiary/aromatic N) is 1. The standard InChI is InChI=1S/C35H33N3O8/c1-38-16-15-22-25(19-9-8-12-21(17-19)37-35(40)36-20-10-6-5-7-11-20)32-33(45-18-44-32)31(43-4)26(22)28(38)29-23-13-14-24(41-2)30(42-3)27(23)34(39)46-29/h5-14,17,28-29H,15-16,18H2,1-4H3,(H2,36,37,40)/t28-,29+/m1/s1. The molecule has 3 aliphatic rings. The van der Waals surface area contributed by atoms with E-state index in [0.717, 1.165) is 22.3 Å². The molecule has 4 aromatic carbocycles. The minimum absolute atomic E-state index is 0.0256. The van der Waals surface area contributed by atoms with Crippen molar-refractivity contribution in [1.29, 1.82) is 0 Å². The zero-order chi connectivity index (χ0) is 31.9. The minimum atomic E-state index is -0.664. The quantitative estimate of drug-likeness (QED) is 0.232. The van der Waals surface area contributed by atoms with Crippen molar-refractivity contribution in [3.8, 4) is 39.9 Å². The number of rotatable bonds is 7. The molecule has 2 amide bonds. The monoisotopic (exact) mass is 623 g/mol. The van der Waals surface area contributed by atoms with Gasteiger partial charge < -0.3 is 39.1 Å². The Labute approximate surface area is 265 Å². The van der Waals surface area contributed by atoms with Gasteiger partial charge in [-0.25, -0.2) is 9.59 Å². The lowest BCUT2D eigenvalue weighted by atomic mass is 9.81. The Morgan fingerprint density at radius 3 is 2.35 bits per heavy atom. The number of nitrogens with one attached hydrogen (secondary N) is 2. The summed E-state index contributed by atoms with van der Waals surface area (Å²) in [6.45, 7) is 0.694. The molecule has 11 heteroatoms. The van der Waals surface area contributed by atoms with Crippen LogP contribution in [0.4, 0.5) is 16.2 Å². The summed E-state index contributed by atoms with van der Waals surface area (Å²) < 4.78 is 35.3. The average molecular weight is 624 g/mol. The third-order valence-corrected chi connectivity index (χ3v) is 8.66. The third-order valence-electron chi connectivity index (χ3n) is 8.66. The summed E-state index contributed by atoms with van der Waals surface area (Å²) in [5, 5.41) is 5.78. The van der Waals surface area contributed by atoms with Crippen LogP contribution in [0.15, 0.2) is 66.7 Å². The van der Waals surface area contributed by atoms with Crippen molar-refractivity contribution in [3.05, 3.63) is 89.0 Å². The van der Waals surface area contributed by atoms with E-state index in [0.29, 0.717) is 64.2 Å². The van der Waals surface area contributed by atoms with Crippen LogP contribution in [0.5, 0.6) is 28.7 Å². The number of benzene rings is 4. The summed E-state index contributed by atoms with van der Waals surface area (Å²) in [4.78, 5) is 28.3. The number of para-hydroxylation sites is 1. The van der Waals surface area contributed by atoms with Crippen LogP contribution in [0.1, 0.15) is 39.2 Å². The zero-order valence-corrected chi connectivity index (χ0v) is 25.8. The number of hydrogen-bond acceptors (Lipinski definition) is 9. The molecule has 2 atom stereocenters. The molecular formula is C35H33N3O8. The fourth-order valence-corrected chi connectivity index (χ4v) is 6.70. The number of ether oxygens (including phenoxy) is 6. The van der Waals surface area contributed by atoms with Crippen LogP contribution in [-0.2, 0) is 11.2 Å². The van der Waals surface area contributed by atoms with Crippen LogP contribution in [0.3, 0.4) is 0 Å². The summed E-state index contributed by atoms with van der Waals surface area (Å²) in [6, 6.07) is 19.7. The number of carbonyl (C=O) groups is 2. The average Bonchev–Trinajstić information content (AvgIpc) is 3.68. The van der Waals surface area contributed by atoms with Crippen molar-refractivity contribution in [3.63, 3.8) is 0 Å². The second kappa shape index (κ2) is 11.8. The van der Waals surface area contributed by atoms with Crippen molar-refractivity contribution >= 4 is 23.4 Å². The fourth-order valence-electron chi connectivity index (χ4n) is 6.70. The molecule has 0 radical (unpaired) electrons. The van der Waals surface area contributed by atoms with E-state index in [9.17, 15) is 9.59 Å². The molecule has 46 heavy (non-hydrogen) atoms. The first-order valence-corrected chi connectivity index (χ1v) is 14.8. The third kappa shape index (κ3) is 4.80. The van der Waals surface area contributed by atoms with Crippen LogP contribution in [-0.4, -0.2) is 58.6 Å².